The number of methoxy groups -OCH3 is 1. The molecule has 1 aliphatic rings. The monoisotopic (exact) mass is 424 g/mol. The fourth-order valence-electron chi connectivity index (χ4n) is 3.03. The van der Waals surface area contributed by atoms with Gasteiger partial charge in [-0.3, -0.25) is 9.59 Å². The molecule has 0 bridgehead atoms. The number of amides is 2. The van der Waals surface area contributed by atoms with Gasteiger partial charge in [0.05, 0.1) is 7.11 Å². The van der Waals surface area contributed by atoms with E-state index in [1.54, 1.807) is 17.4 Å². The summed E-state index contributed by atoms with van der Waals surface area (Å²) in [5.74, 6) is 0.845. The highest BCUT2D eigenvalue weighted by Crippen LogP contribution is 2.15. The van der Waals surface area contributed by atoms with E-state index in [2.05, 4.69) is 4.98 Å². The van der Waals surface area contributed by atoms with E-state index in [-0.39, 0.29) is 24.2 Å². The van der Waals surface area contributed by atoms with Gasteiger partial charge in [0.2, 0.25) is 5.91 Å². The summed E-state index contributed by atoms with van der Waals surface area (Å²) in [6.07, 6.45) is 1.16. The van der Waals surface area contributed by atoms with Crippen LogP contribution in [0.4, 0.5) is 0 Å². The molecule has 1 aromatic carbocycles. The molecule has 1 aromatic heterocycles. The number of thiazole rings is 1. The fourth-order valence-corrected chi connectivity index (χ4v) is 3.67. The average molecular weight is 425 g/mol. The van der Waals surface area contributed by atoms with Crippen LogP contribution in [0.3, 0.4) is 0 Å². The van der Waals surface area contributed by atoms with Crippen molar-refractivity contribution in [2.24, 2.45) is 5.73 Å². The highest BCUT2D eigenvalue weighted by Gasteiger charge is 2.25. The molecule has 1 aliphatic heterocycles. The number of nitrogens with zero attached hydrogens (tertiary/aromatic N) is 3. The zero-order chi connectivity index (χ0) is 19.2. The van der Waals surface area contributed by atoms with Gasteiger partial charge in [0.25, 0.3) is 5.91 Å². The highest BCUT2D eigenvalue weighted by molar-refractivity contribution is 7.09. The molecule has 2 amide bonds. The van der Waals surface area contributed by atoms with Crippen LogP contribution in [-0.4, -0.2) is 59.9 Å². The number of piperazine rings is 1. The fraction of sp³-hybridized carbons (Fsp3) is 0.421. The maximum atomic E-state index is 12.5. The second kappa shape index (κ2) is 10.4. The first-order valence-electron chi connectivity index (χ1n) is 8.95. The number of nitrogens with two attached hydrogens (primary N) is 1. The van der Waals surface area contributed by atoms with Gasteiger partial charge in [0, 0.05) is 44.5 Å². The van der Waals surface area contributed by atoms with E-state index in [1.807, 2.05) is 29.2 Å². The summed E-state index contributed by atoms with van der Waals surface area (Å²) in [5, 5.41) is 2.50. The molecule has 152 valence electrons. The molecule has 3 rings (SSSR count). The lowest BCUT2D eigenvalue weighted by molar-refractivity contribution is -0.132. The predicted octanol–water partition coefficient (Wildman–Crippen LogP) is 1.95. The average Bonchev–Trinajstić information content (AvgIpc) is 3.21. The zero-order valence-corrected chi connectivity index (χ0v) is 17.4. The van der Waals surface area contributed by atoms with Crippen LogP contribution >= 0.6 is 23.7 Å². The molecular formula is C19H25ClN4O3S. The second-order valence-corrected chi connectivity index (χ2v) is 7.29. The molecule has 0 atom stereocenters. The quantitative estimate of drug-likeness (QED) is 0.765. The van der Waals surface area contributed by atoms with E-state index >= 15 is 0 Å². The first kappa shape index (κ1) is 22.1. The Morgan fingerprint density at radius 2 is 1.79 bits per heavy atom. The lowest BCUT2D eigenvalue weighted by atomic mass is 10.1. The topological polar surface area (TPSA) is 88.8 Å². The van der Waals surface area contributed by atoms with Gasteiger partial charge in [-0.05, 0) is 24.1 Å². The molecule has 1 fully saturated rings. The van der Waals surface area contributed by atoms with E-state index in [0.717, 1.165) is 16.3 Å². The van der Waals surface area contributed by atoms with Crippen LogP contribution in [0.1, 0.15) is 27.5 Å². The summed E-state index contributed by atoms with van der Waals surface area (Å²) in [6, 6.07) is 7.76. The molecule has 2 heterocycles. The number of carbonyl (C=O) groups excluding carboxylic acids is 2. The van der Waals surface area contributed by atoms with Crippen molar-refractivity contribution in [2.45, 2.75) is 19.4 Å². The summed E-state index contributed by atoms with van der Waals surface area (Å²) in [4.78, 5) is 32.8. The standard InChI is InChI=1S/C19H24N4O3S.ClH/c1-26-15-5-2-14(3-6-15)4-7-18(24)22-8-10-23(11-9-22)19(25)16-13-27-17(12-20)21-16;/h2-3,5-6,13H,4,7-12,20H2,1H3;1H. The molecule has 0 spiro atoms. The lowest BCUT2D eigenvalue weighted by Gasteiger charge is -2.34. The normalized spacial score (nSPS) is 13.8. The Morgan fingerprint density at radius 3 is 2.36 bits per heavy atom. The molecule has 1 saturated heterocycles. The molecular weight excluding hydrogens is 400 g/mol. The Hall–Kier alpha value is -2.16. The first-order chi connectivity index (χ1) is 13.1. The van der Waals surface area contributed by atoms with E-state index in [4.69, 9.17) is 10.5 Å². The zero-order valence-electron chi connectivity index (χ0n) is 15.8. The van der Waals surface area contributed by atoms with Crippen molar-refractivity contribution in [1.82, 2.24) is 14.8 Å². The molecule has 2 N–H and O–H groups in total. The van der Waals surface area contributed by atoms with Gasteiger partial charge in [0.1, 0.15) is 16.5 Å². The van der Waals surface area contributed by atoms with E-state index < -0.39 is 0 Å². The highest BCUT2D eigenvalue weighted by atomic mass is 35.5. The molecule has 28 heavy (non-hydrogen) atoms. The third-order valence-corrected chi connectivity index (χ3v) is 5.52. The number of ether oxygens (including phenoxy) is 1. The van der Waals surface area contributed by atoms with Gasteiger partial charge >= 0.3 is 0 Å². The Balaban J connectivity index is 0.00000280. The van der Waals surface area contributed by atoms with Crippen molar-refractivity contribution in [2.75, 3.05) is 33.3 Å². The van der Waals surface area contributed by atoms with Crippen molar-refractivity contribution < 1.29 is 14.3 Å². The number of hydrogen-bond acceptors (Lipinski definition) is 6. The molecule has 0 unspecified atom stereocenters. The van der Waals surface area contributed by atoms with Gasteiger partial charge < -0.3 is 20.3 Å². The van der Waals surface area contributed by atoms with Crippen molar-refractivity contribution in [3.8, 4) is 5.75 Å². The number of carbonyl (C=O) groups is 2. The third-order valence-electron chi connectivity index (χ3n) is 4.65. The lowest BCUT2D eigenvalue weighted by Crippen LogP contribution is -2.50. The number of rotatable bonds is 6. The van der Waals surface area contributed by atoms with E-state index in [0.29, 0.717) is 51.3 Å². The van der Waals surface area contributed by atoms with Crippen molar-refractivity contribution in [3.63, 3.8) is 0 Å². The largest absolute Gasteiger partial charge is 0.497 e. The Kier molecular flexibility index (Phi) is 8.22. The van der Waals surface area contributed by atoms with Crippen LogP contribution in [0.2, 0.25) is 0 Å². The van der Waals surface area contributed by atoms with Crippen molar-refractivity contribution in [3.05, 3.63) is 45.9 Å². The van der Waals surface area contributed by atoms with Gasteiger partial charge in [-0.1, -0.05) is 12.1 Å². The summed E-state index contributed by atoms with van der Waals surface area (Å²) in [6.45, 7) is 2.52. The number of benzene rings is 1. The number of hydrogen-bond donors (Lipinski definition) is 1. The molecule has 7 nitrogen and oxygen atoms in total. The van der Waals surface area contributed by atoms with Gasteiger partial charge in [-0.2, -0.15) is 0 Å². The second-order valence-electron chi connectivity index (χ2n) is 6.35. The van der Waals surface area contributed by atoms with Crippen LogP contribution in [0.5, 0.6) is 5.75 Å². The van der Waals surface area contributed by atoms with E-state index in [1.165, 1.54) is 11.3 Å². The summed E-state index contributed by atoms with van der Waals surface area (Å²) >= 11 is 1.40. The summed E-state index contributed by atoms with van der Waals surface area (Å²) in [7, 11) is 1.63. The van der Waals surface area contributed by atoms with Gasteiger partial charge in [-0.15, -0.1) is 23.7 Å². The molecule has 0 saturated carbocycles. The molecule has 2 aromatic rings. The maximum absolute atomic E-state index is 12.5. The molecule has 0 radical (unpaired) electrons. The Labute approximate surface area is 174 Å². The predicted molar refractivity (Wildman–Crippen MR) is 111 cm³/mol. The van der Waals surface area contributed by atoms with Crippen molar-refractivity contribution >= 4 is 35.6 Å². The Bertz CT molecular complexity index is 789. The third kappa shape index (κ3) is 5.43. The first-order valence-corrected chi connectivity index (χ1v) is 9.83. The minimum atomic E-state index is -0.0868. The maximum Gasteiger partial charge on any atom is 0.273 e. The van der Waals surface area contributed by atoms with Gasteiger partial charge in [-0.25, -0.2) is 4.98 Å². The molecule has 9 heteroatoms. The van der Waals surface area contributed by atoms with E-state index in [9.17, 15) is 9.59 Å². The summed E-state index contributed by atoms with van der Waals surface area (Å²) < 4.78 is 5.14. The SMILES string of the molecule is COc1ccc(CCC(=O)N2CCN(C(=O)c3csc(CN)n3)CC2)cc1.Cl. The minimum Gasteiger partial charge on any atom is -0.497 e. The molecule has 0 aliphatic carbocycles. The Morgan fingerprint density at radius 1 is 1.14 bits per heavy atom. The minimum absolute atomic E-state index is 0. The van der Waals surface area contributed by atoms with Crippen LogP contribution in [0.15, 0.2) is 29.6 Å². The van der Waals surface area contributed by atoms with Gasteiger partial charge in [0.15, 0.2) is 0 Å². The number of aryl methyl sites for hydroxylation is 1. The van der Waals surface area contributed by atoms with Crippen LogP contribution in [0.25, 0.3) is 0 Å². The van der Waals surface area contributed by atoms with Crippen LogP contribution in [-0.2, 0) is 17.8 Å². The van der Waals surface area contributed by atoms with Crippen LogP contribution in [0, 0.1) is 0 Å². The van der Waals surface area contributed by atoms with Crippen LogP contribution < -0.4 is 10.5 Å². The summed E-state index contributed by atoms with van der Waals surface area (Å²) in [5.41, 5.74) is 7.10. The van der Waals surface area contributed by atoms with Crippen molar-refractivity contribution in [1.29, 1.82) is 0 Å². The number of halogens is 1. The number of aromatic nitrogens is 1. The smallest absolute Gasteiger partial charge is 0.273 e.